The number of likely N-dealkylation sites (tertiary alicyclic amines) is 1. The van der Waals surface area contributed by atoms with Crippen LogP contribution in [-0.4, -0.2) is 32.9 Å². The summed E-state index contributed by atoms with van der Waals surface area (Å²) in [5.41, 5.74) is 2.35. The second-order valence-corrected chi connectivity index (χ2v) is 9.25. The third kappa shape index (κ3) is 4.36. The molecule has 2 heterocycles. The highest BCUT2D eigenvalue weighted by molar-refractivity contribution is 6.47. The smallest absolute Gasteiger partial charge is 0.295 e. The number of ketones is 1. The Hall–Kier alpha value is -4.10. The second kappa shape index (κ2) is 9.75. The fraction of sp³-hybridized carbons (Fsp3) is 0.172. The van der Waals surface area contributed by atoms with Crippen molar-refractivity contribution in [2.45, 2.75) is 19.5 Å². The molecular weight excluding hydrogens is 495 g/mol. The van der Waals surface area contributed by atoms with Gasteiger partial charge in [-0.1, -0.05) is 41.9 Å². The van der Waals surface area contributed by atoms with Crippen LogP contribution in [0.2, 0.25) is 5.02 Å². The minimum Gasteiger partial charge on any atom is -0.507 e. The van der Waals surface area contributed by atoms with Crippen LogP contribution in [0.3, 0.4) is 0 Å². The number of aliphatic hydroxyl groups excluding tert-OH is 1. The first-order valence-electron chi connectivity index (χ1n) is 11.8. The van der Waals surface area contributed by atoms with E-state index in [1.54, 1.807) is 30.3 Å². The van der Waals surface area contributed by atoms with Crippen LogP contribution in [0, 0.1) is 5.82 Å². The quantitative estimate of drug-likeness (QED) is 0.193. The normalized spacial score (nSPS) is 17.1. The zero-order valence-corrected chi connectivity index (χ0v) is 21.0. The van der Waals surface area contributed by atoms with Gasteiger partial charge in [0.1, 0.15) is 17.3 Å². The number of hydrogen-bond acceptors (Lipinski definition) is 4. The molecule has 0 bridgehead atoms. The largest absolute Gasteiger partial charge is 0.507 e. The van der Waals surface area contributed by atoms with Crippen molar-refractivity contribution in [2.24, 2.45) is 7.05 Å². The SMILES string of the molecule is CCOc1ccc(Cl)c(/C(O)=C2\C(=O)C(=O)N(Cc3ccc(F)cc3)C2c2cn(C)c3ccccc23)c1. The van der Waals surface area contributed by atoms with Gasteiger partial charge in [0, 0.05) is 41.8 Å². The van der Waals surface area contributed by atoms with Crippen LogP contribution in [0.1, 0.15) is 29.7 Å². The molecule has 1 aliphatic heterocycles. The molecule has 37 heavy (non-hydrogen) atoms. The molecule has 1 atom stereocenters. The zero-order valence-electron chi connectivity index (χ0n) is 20.2. The Morgan fingerprint density at radius 1 is 1.08 bits per heavy atom. The van der Waals surface area contributed by atoms with Crippen molar-refractivity contribution in [3.05, 3.63) is 106 Å². The molecule has 8 heteroatoms. The van der Waals surface area contributed by atoms with Crippen LogP contribution in [0.25, 0.3) is 16.7 Å². The standard InChI is InChI=1S/C29H24ClFN2O4/c1-3-37-19-12-13-23(30)21(14-19)27(34)25-26(22-16-32(2)24-7-5-4-6-20(22)24)33(29(36)28(25)35)15-17-8-10-18(31)11-9-17/h4-14,16,26,34H,3,15H2,1-2H3/b27-25+. The summed E-state index contributed by atoms with van der Waals surface area (Å²) >= 11 is 6.43. The first-order chi connectivity index (χ1) is 17.8. The molecule has 0 spiro atoms. The number of aryl methyl sites for hydroxylation is 1. The Balaban J connectivity index is 1.73. The molecule has 0 aliphatic carbocycles. The van der Waals surface area contributed by atoms with Gasteiger partial charge in [0.15, 0.2) is 0 Å². The average molecular weight is 519 g/mol. The van der Waals surface area contributed by atoms with E-state index in [9.17, 15) is 19.1 Å². The van der Waals surface area contributed by atoms with E-state index in [0.717, 1.165) is 10.9 Å². The van der Waals surface area contributed by atoms with Gasteiger partial charge in [-0.05, 0) is 48.9 Å². The molecule has 1 saturated heterocycles. The summed E-state index contributed by atoms with van der Waals surface area (Å²) in [5, 5.41) is 12.5. The molecular formula is C29H24ClFN2O4. The Bertz CT molecular complexity index is 1560. The number of amides is 1. The lowest BCUT2D eigenvalue weighted by atomic mass is 9.94. The molecule has 1 aromatic heterocycles. The number of carbonyl (C=O) groups excluding carboxylic acids is 2. The molecule has 188 valence electrons. The van der Waals surface area contributed by atoms with Gasteiger partial charge in [0.05, 0.1) is 23.2 Å². The van der Waals surface area contributed by atoms with Crippen LogP contribution < -0.4 is 4.74 Å². The molecule has 0 saturated carbocycles. The molecule has 5 rings (SSSR count). The Morgan fingerprint density at radius 2 is 1.81 bits per heavy atom. The van der Waals surface area contributed by atoms with Crippen molar-refractivity contribution >= 4 is 40.0 Å². The molecule has 1 unspecified atom stereocenters. The predicted octanol–water partition coefficient (Wildman–Crippen LogP) is 5.99. The van der Waals surface area contributed by atoms with E-state index in [1.807, 2.05) is 49.0 Å². The van der Waals surface area contributed by atoms with Crippen LogP contribution in [0.5, 0.6) is 5.75 Å². The third-order valence-electron chi connectivity index (χ3n) is 6.53. The number of halogens is 2. The number of aliphatic hydroxyl groups is 1. The number of aromatic nitrogens is 1. The number of hydrogen-bond donors (Lipinski definition) is 1. The van der Waals surface area contributed by atoms with Gasteiger partial charge in [-0.2, -0.15) is 0 Å². The summed E-state index contributed by atoms with van der Waals surface area (Å²) in [4.78, 5) is 28.3. The van der Waals surface area contributed by atoms with Gasteiger partial charge in [-0.3, -0.25) is 9.59 Å². The van der Waals surface area contributed by atoms with Crippen molar-refractivity contribution in [3.8, 4) is 5.75 Å². The van der Waals surface area contributed by atoms with E-state index in [4.69, 9.17) is 16.3 Å². The Morgan fingerprint density at radius 3 is 2.54 bits per heavy atom. The van der Waals surface area contributed by atoms with Gasteiger partial charge < -0.3 is 19.3 Å². The molecule has 1 aliphatic rings. The lowest BCUT2D eigenvalue weighted by Gasteiger charge is -2.25. The highest BCUT2D eigenvalue weighted by atomic mass is 35.5. The molecule has 1 N–H and O–H groups in total. The van der Waals surface area contributed by atoms with Crippen molar-refractivity contribution < 1.29 is 23.8 Å². The van der Waals surface area contributed by atoms with Crippen LogP contribution in [0.15, 0.2) is 78.5 Å². The number of benzene rings is 3. The van der Waals surface area contributed by atoms with Gasteiger partial charge in [-0.25, -0.2) is 4.39 Å². The molecule has 0 radical (unpaired) electrons. The summed E-state index contributed by atoms with van der Waals surface area (Å²) in [6, 6.07) is 17.3. The maximum atomic E-state index is 13.5. The van der Waals surface area contributed by atoms with Crippen LogP contribution in [-0.2, 0) is 23.2 Å². The highest BCUT2D eigenvalue weighted by Crippen LogP contribution is 2.44. The minimum absolute atomic E-state index is 0.0439. The van der Waals surface area contributed by atoms with Crippen LogP contribution in [0.4, 0.5) is 4.39 Å². The van der Waals surface area contributed by atoms with E-state index in [2.05, 4.69) is 0 Å². The zero-order chi connectivity index (χ0) is 26.3. The van der Waals surface area contributed by atoms with E-state index < -0.39 is 23.5 Å². The van der Waals surface area contributed by atoms with Crippen molar-refractivity contribution in [2.75, 3.05) is 6.61 Å². The highest BCUT2D eigenvalue weighted by Gasteiger charge is 2.47. The van der Waals surface area contributed by atoms with Gasteiger partial charge >= 0.3 is 0 Å². The van der Waals surface area contributed by atoms with Crippen molar-refractivity contribution in [3.63, 3.8) is 0 Å². The van der Waals surface area contributed by atoms with Gasteiger partial charge in [0.2, 0.25) is 0 Å². The summed E-state index contributed by atoms with van der Waals surface area (Å²) in [6.45, 7) is 2.28. The maximum Gasteiger partial charge on any atom is 0.295 e. The number of Topliss-reactive ketones (excluding diaryl/α,β-unsaturated/α-hetero) is 1. The average Bonchev–Trinajstić information content (AvgIpc) is 3.35. The second-order valence-electron chi connectivity index (χ2n) is 8.84. The molecule has 6 nitrogen and oxygen atoms in total. The lowest BCUT2D eigenvalue weighted by Crippen LogP contribution is -2.29. The first kappa shape index (κ1) is 24.6. The first-order valence-corrected chi connectivity index (χ1v) is 12.2. The number of para-hydroxylation sites is 1. The number of nitrogens with zero attached hydrogens (tertiary/aromatic N) is 2. The van der Waals surface area contributed by atoms with Gasteiger partial charge in [-0.15, -0.1) is 0 Å². The Labute approximate surface area is 218 Å². The van der Waals surface area contributed by atoms with E-state index in [1.165, 1.54) is 17.0 Å². The van der Waals surface area contributed by atoms with Crippen LogP contribution >= 0.6 is 11.6 Å². The minimum atomic E-state index is -0.900. The fourth-order valence-electron chi connectivity index (χ4n) is 4.83. The maximum absolute atomic E-state index is 13.5. The predicted molar refractivity (Wildman–Crippen MR) is 140 cm³/mol. The summed E-state index contributed by atoms with van der Waals surface area (Å²) in [6.07, 6.45) is 1.85. The number of ether oxygens (including phenoxy) is 1. The van der Waals surface area contributed by atoms with Crippen molar-refractivity contribution in [1.29, 1.82) is 0 Å². The molecule has 4 aromatic rings. The summed E-state index contributed by atoms with van der Waals surface area (Å²) < 4.78 is 21.0. The van der Waals surface area contributed by atoms with E-state index in [-0.39, 0.29) is 28.5 Å². The van der Waals surface area contributed by atoms with E-state index >= 15 is 0 Å². The molecule has 3 aromatic carbocycles. The number of rotatable bonds is 6. The third-order valence-corrected chi connectivity index (χ3v) is 6.86. The lowest BCUT2D eigenvalue weighted by molar-refractivity contribution is -0.140. The van der Waals surface area contributed by atoms with Crippen molar-refractivity contribution in [1.82, 2.24) is 9.47 Å². The topological polar surface area (TPSA) is 71.8 Å². The summed E-state index contributed by atoms with van der Waals surface area (Å²) in [7, 11) is 1.88. The number of carbonyl (C=O) groups is 2. The summed E-state index contributed by atoms with van der Waals surface area (Å²) in [5.74, 6) is -1.91. The fourth-order valence-corrected chi connectivity index (χ4v) is 5.04. The number of fused-ring (bicyclic) bond motifs is 1. The van der Waals surface area contributed by atoms with Gasteiger partial charge in [0.25, 0.3) is 11.7 Å². The monoisotopic (exact) mass is 518 g/mol. The molecule has 1 amide bonds. The Kier molecular flexibility index (Phi) is 6.48. The van der Waals surface area contributed by atoms with E-state index in [0.29, 0.717) is 23.5 Å². The molecule has 1 fully saturated rings.